The third-order valence-corrected chi connectivity index (χ3v) is 4.10. The first-order chi connectivity index (χ1) is 8.83. The van der Waals surface area contributed by atoms with Crippen LogP contribution in [-0.4, -0.2) is 41.2 Å². The van der Waals surface area contributed by atoms with Crippen LogP contribution in [0.5, 0.6) is 0 Å². The van der Waals surface area contributed by atoms with Gasteiger partial charge in [0, 0.05) is 13.5 Å². The summed E-state index contributed by atoms with van der Waals surface area (Å²) >= 11 is 0. The van der Waals surface area contributed by atoms with E-state index in [1.807, 2.05) is 6.92 Å². The molecule has 108 valence electrons. The summed E-state index contributed by atoms with van der Waals surface area (Å²) in [5, 5.41) is 7.59. The summed E-state index contributed by atoms with van der Waals surface area (Å²) in [6.45, 7) is 6.55. The van der Waals surface area contributed by atoms with Crippen molar-refractivity contribution in [3.63, 3.8) is 0 Å². The Morgan fingerprint density at radius 3 is 2.95 bits per heavy atom. The molecule has 0 aliphatic carbocycles. The number of hydrogen-bond acceptors (Lipinski definition) is 5. The zero-order valence-corrected chi connectivity index (χ0v) is 12.3. The zero-order valence-electron chi connectivity index (χ0n) is 11.5. The highest BCUT2D eigenvalue weighted by atomic mass is 35.5. The molecule has 0 saturated carbocycles. The molecule has 0 aromatic carbocycles. The topological polar surface area (TPSA) is 54.2 Å². The van der Waals surface area contributed by atoms with Crippen molar-refractivity contribution in [2.24, 2.45) is 5.92 Å². The van der Waals surface area contributed by atoms with Crippen LogP contribution in [0, 0.1) is 12.8 Å². The van der Waals surface area contributed by atoms with Crippen LogP contribution >= 0.6 is 12.4 Å². The SMILES string of the molecule is Cc1nc(C2CCCN2CC2CCCNC2)no1.Cl. The molecule has 3 heterocycles. The van der Waals surface area contributed by atoms with Gasteiger partial charge >= 0.3 is 0 Å². The summed E-state index contributed by atoms with van der Waals surface area (Å²) in [7, 11) is 0. The molecular weight excluding hydrogens is 264 g/mol. The minimum Gasteiger partial charge on any atom is -0.340 e. The van der Waals surface area contributed by atoms with Crippen LogP contribution in [-0.2, 0) is 0 Å². The number of likely N-dealkylation sites (tertiary alicyclic amines) is 1. The number of aromatic nitrogens is 2. The monoisotopic (exact) mass is 286 g/mol. The average molecular weight is 287 g/mol. The first-order valence-electron chi connectivity index (χ1n) is 7.08. The van der Waals surface area contributed by atoms with Gasteiger partial charge in [-0.2, -0.15) is 4.98 Å². The molecule has 5 nitrogen and oxygen atoms in total. The number of piperidine rings is 1. The molecule has 2 aliphatic rings. The summed E-state index contributed by atoms with van der Waals surface area (Å²) in [5.41, 5.74) is 0. The van der Waals surface area contributed by atoms with E-state index in [4.69, 9.17) is 4.52 Å². The predicted octanol–water partition coefficient (Wildman–Crippen LogP) is 1.94. The Morgan fingerprint density at radius 2 is 2.26 bits per heavy atom. The number of rotatable bonds is 3. The van der Waals surface area contributed by atoms with Crippen molar-refractivity contribution in [3.05, 3.63) is 11.7 Å². The molecule has 19 heavy (non-hydrogen) atoms. The Bertz CT molecular complexity index is 392. The highest BCUT2D eigenvalue weighted by molar-refractivity contribution is 5.85. The summed E-state index contributed by atoms with van der Waals surface area (Å²) in [6, 6.07) is 0.379. The van der Waals surface area contributed by atoms with Crippen molar-refractivity contribution in [1.29, 1.82) is 0 Å². The van der Waals surface area contributed by atoms with Crippen molar-refractivity contribution >= 4 is 12.4 Å². The van der Waals surface area contributed by atoms with E-state index in [1.165, 1.54) is 45.3 Å². The Labute approximate surface area is 120 Å². The number of hydrogen-bond donors (Lipinski definition) is 1. The largest absolute Gasteiger partial charge is 0.340 e. The van der Waals surface area contributed by atoms with Crippen molar-refractivity contribution in [2.45, 2.75) is 38.6 Å². The molecule has 1 aromatic heterocycles. The molecule has 0 amide bonds. The minimum atomic E-state index is 0. The molecule has 2 aliphatic heterocycles. The minimum absolute atomic E-state index is 0. The van der Waals surface area contributed by atoms with Gasteiger partial charge in [0.1, 0.15) is 0 Å². The smallest absolute Gasteiger partial charge is 0.223 e. The molecular formula is C13H23ClN4O. The van der Waals surface area contributed by atoms with Gasteiger partial charge in [0.05, 0.1) is 6.04 Å². The van der Waals surface area contributed by atoms with E-state index >= 15 is 0 Å². The van der Waals surface area contributed by atoms with Crippen LogP contribution in [0.3, 0.4) is 0 Å². The fourth-order valence-electron chi connectivity index (χ4n) is 3.20. The second-order valence-electron chi connectivity index (χ2n) is 5.54. The summed E-state index contributed by atoms with van der Waals surface area (Å²) < 4.78 is 5.12. The van der Waals surface area contributed by atoms with Crippen molar-refractivity contribution < 1.29 is 4.52 Å². The molecule has 6 heteroatoms. The van der Waals surface area contributed by atoms with Crippen molar-refractivity contribution in [2.75, 3.05) is 26.2 Å². The van der Waals surface area contributed by atoms with Crippen LogP contribution < -0.4 is 5.32 Å². The van der Waals surface area contributed by atoms with Gasteiger partial charge in [0.25, 0.3) is 0 Å². The van der Waals surface area contributed by atoms with Crippen molar-refractivity contribution in [3.8, 4) is 0 Å². The van der Waals surface area contributed by atoms with Gasteiger partial charge < -0.3 is 9.84 Å². The lowest BCUT2D eigenvalue weighted by Crippen LogP contribution is -2.38. The summed E-state index contributed by atoms with van der Waals surface area (Å²) in [4.78, 5) is 6.94. The zero-order chi connectivity index (χ0) is 12.4. The van der Waals surface area contributed by atoms with E-state index in [2.05, 4.69) is 20.4 Å². The molecule has 1 aromatic rings. The van der Waals surface area contributed by atoms with E-state index in [0.29, 0.717) is 11.9 Å². The molecule has 0 radical (unpaired) electrons. The molecule has 0 bridgehead atoms. The molecule has 2 atom stereocenters. The fraction of sp³-hybridized carbons (Fsp3) is 0.846. The second kappa shape index (κ2) is 6.68. The highest BCUT2D eigenvalue weighted by Crippen LogP contribution is 2.31. The van der Waals surface area contributed by atoms with Gasteiger partial charge in [-0.3, -0.25) is 4.90 Å². The maximum Gasteiger partial charge on any atom is 0.223 e. The summed E-state index contributed by atoms with van der Waals surface area (Å²) in [6.07, 6.45) is 5.07. The predicted molar refractivity (Wildman–Crippen MR) is 75.4 cm³/mol. The Kier molecular flexibility index (Phi) is 5.19. The van der Waals surface area contributed by atoms with Gasteiger partial charge in [-0.05, 0) is 51.2 Å². The van der Waals surface area contributed by atoms with Gasteiger partial charge in [0.15, 0.2) is 5.82 Å². The number of nitrogens with one attached hydrogen (secondary N) is 1. The maximum absolute atomic E-state index is 5.12. The van der Waals surface area contributed by atoms with E-state index < -0.39 is 0 Å². The second-order valence-corrected chi connectivity index (χ2v) is 5.54. The van der Waals surface area contributed by atoms with E-state index in [1.54, 1.807) is 0 Å². The van der Waals surface area contributed by atoms with Crippen LogP contribution in [0.1, 0.15) is 43.4 Å². The van der Waals surface area contributed by atoms with Crippen LogP contribution in [0.2, 0.25) is 0 Å². The molecule has 1 N–H and O–H groups in total. The normalized spacial score (nSPS) is 28.3. The lowest BCUT2D eigenvalue weighted by molar-refractivity contribution is 0.187. The van der Waals surface area contributed by atoms with E-state index in [9.17, 15) is 0 Å². The van der Waals surface area contributed by atoms with E-state index in [0.717, 1.165) is 18.3 Å². The van der Waals surface area contributed by atoms with Crippen LogP contribution in [0.4, 0.5) is 0 Å². The quantitative estimate of drug-likeness (QED) is 0.920. The number of nitrogens with zero attached hydrogens (tertiary/aromatic N) is 3. The standard InChI is InChI=1S/C13H22N4O.ClH/c1-10-15-13(16-18-10)12-5-3-7-17(12)9-11-4-2-6-14-8-11;/h11-12,14H,2-9H2,1H3;1H. The molecule has 2 unspecified atom stereocenters. The van der Waals surface area contributed by atoms with Crippen molar-refractivity contribution in [1.82, 2.24) is 20.4 Å². The lowest BCUT2D eigenvalue weighted by Gasteiger charge is -2.30. The van der Waals surface area contributed by atoms with Crippen LogP contribution in [0.25, 0.3) is 0 Å². The van der Waals surface area contributed by atoms with Gasteiger partial charge in [0.2, 0.25) is 5.89 Å². The Morgan fingerprint density at radius 1 is 1.37 bits per heavy atom. The first-order valence-corrected chi connectivity index (χ1v) is 7.08. The third-order valence-electron chi connectivity index (χ3n) is 4.10. The molecule has 3 rings (SSSR count). The van der Waals surface area contributed by atoms with Crippen LogP contribution in [0.15, 0.2) is 4.52 Å². The Hall–Kier alpha value is -0.650. The molecule has 2 saturated heterocycles. The first kappa shape index (κ1) is 14.8. The number of halogens is 1. The van der Waals surface area contributed by atoms with E-state index in [-0.39, 0.29) is 12.4 Å². The maximum atomic E-state index is 5.12. The molecule has 2 fully saturated rings. The summed E-state index contributed by atoms with van der Waals surface area (Å²) in [5.74, 6) is 2.34. The lowest BCUT2D eigenvalue weighted by atomic mass is 9.99. The Balaban J connectivity index is 0.00000133. The molecule has 0 spiro atoms. The van der Waals surface area contributed by atoms with Gasteiger partial charge in [-0.25, -0.2) is 0 Å². The van der Waals surface area contributed by atoms with Gasteiger partial charge in [-0.15, -0.1) is 12.4 Å². The van der Waals surface area contributed by atoms with Gasteiger partial charge in [-0.1, -0.05) is 5.16 Å². The fourth-order valence-corrected chi connectivity index (χ4v) is 3.20. The number of aryl methyl sites for hydroxylation is 1. The third kappa shape index (κ3) is 3.46. The highest BCUT2D eigenvalue weighted by Gasteiger charge is 2.31. The average Bonchev–Trinajstić information content (AvgIpc) is 2.99.